The average Bonchev–Trinajstić information content (AvgIpc) is 1.58. The first-order valence-electron chi connectivity index (χ1n) is 38.2. The standard InChI is InChI=1S/C104H82N8/c1-65-9-25-77(26-10-65)101(78-27-11-66(2)12-28-78)105-85-49-41-73(42-50-85)97-89-57-59-91(109-89)98(74-43-51-86(52-44-74)106-102(79-29-13-67(3)14-30-79)80-31-15-68(4)16-32-80)93-61-63-95(111-93)100(76-47-55-88(56-48-76)108-104(83-37-21-71(7)22-38-83)84-39-23-72(8)24-40-84)96-64-62-94(112-96)99(92-60-58-90(97)110-92)75-45-53-87(54-46-75)107-103(81-33-17-69(5)18-34-81)82-35-19-70(6)20-36-82/h9-64,109,112H,1-8H3. The maximum atomic E-state index is 5.77. The van der Waals surface area contributed by atoms with Crippen molar-refractivity contribution in [2.24, 2.45) is 20.0 Å². The third kappa shape index (κ3) is 15.3. The molecule has 8 heteroatoms. The van der Waals surface area contributed by atoms with Crippen LogP contribution in [0.4, 0.5) is 22.7 Å². The summed E-state index contributed by atoms with van der Waals surface area (Å²) in [6.45, 7) is 16.9. The van der Waals surface area contributed by atoms with Crippen LogP contribution in [0.2, 0.25) is 0 Å². The number of benzene rings is 12. The van der Waals surface area contributed by atoms with E-state index in [1.165, 1.54) is 44.5 Å². The molecule has 3 aromatic heterocycles. The van der Waals surface area contributed by atoms with E-state index in [2.05, 4.69) is 405 Å². The quantitative estimate of drug-likeness (QED) is 0.0941. The van der Waals surface area contributed by atoms with Crippen molar-refractivity contribution in [3.8, 4) is 44.5 Å². The summed E-state index contributed by atoms with van der Waals surface area (Å²) in [6, 6.07) is 112. The Bertz CT molecular complexity index is 5440. The van der Waals surface area contributed by atoms with Gasteiger partial charge in [0.15, 0.2) is 0 Å². The van der Waals surface area contributed by atoms with Gasteiger partial charge in [-0.1, -0.05) is 287 Å². The number of aromatic amines is 2. The molecule has 0 atom stereocenters. The molecule has 0 amide bonds. The highest BCUT2D eigenvalue weighted by atomic mass is 14.8. The van der Waals surface area contributed by atoms with Crippen LogP contribution in [-0.4, -0.2) is 42.8 Å². The molecular weight excluding hydrogens is 1360 g/mol. The van der Waals surface area contributed by atoms with E-state index in [4.69, 9.17) is 29.9 Å². The van der Waals surface area contributed by atoms with Crippen LogP contribution in [0.1, 0.15) is 112 Å². The van der Waals surface area contributed by atoms with Gasteiger partial charge in [-0.3, -0.25) is 0 Å². The summed E-state index contributed by atoms with van der Waals surface area (Å²) < 4.78 is 0. The molecule has 2 N–H and O–H groups in total. The maximum Gasteiger partial charge on any atom is 0.0781 e. The summed E-state index contributed by atoms with van der Waals surface area (Å²) >= 11 is 0. The van der Waals surface area contributed by atoms with E-state index in [-0.39, 0.29) is 0 Å². The number of nitrogens with zero attached hydrogens (tertiary/aromatic N) is 6. The molecule has 12 aromatic carbocycles. The fourth-order valence-corrected chi connectivity index (χ4v) is 14.6. The molecule has 8 nitrogen and oxygen atoms in total. The SMILES string of the molecule is Cc1ccc(C(=Nc2ccc(-c3c4nc(c(-c5ccc(N=C(c6ccc(C)cc6)c6ccc(C)cc6)cc5)c5ccc([nH]5)c(-c5ccc(N=C(c6ccc(C)cc6)c6ccc(C)cc6)cc5)c5nc(c(-c6ccc(N=C(c7ccc(C)cc7)c7ccc(C)cc7)cc6)c6ccc3[nH]6)C=C5)C=C4)cc2)c2ccc(C)cc2)cc1. The minimum Gasteiger partial charge on any atom is -0.354 e. The maximum absolute atomic E-state index is 5.77. The molecule has 538 valence electrons. The summed E-state index contributed by atoms with van der Waals surface area (Å²) in [5, 5.41) is 0. The molecular formula is C104H82N8. The first kappa shape index (κ1) is 70.9. The number of hydrogen-bond acceptors (Lipinski definition) is 6. The summed E-state index contributed by atoms with van der Waals surface area (Å²) in [6.07, 6.45) is 8.61. The van der Waals surface area contributed by atoms with Gasteiger partial charge in [-0.2, -0.15) is 0 Å². The monoisotopic (exact) mass is 1440 g/mol. The lowest BCUT2D eigenvalue weighted by Crippen LogP contribution is -2.03. The number of aryl methyl sites for hydroxylation is 8. The fourth-order valence-electron chi connectivity index (χ4n) is 14.6. The molecule has 0 unspecified atom stereocenters. The molecule has 0 saturated carbocycles. The molecule has 2 aliphatic rings. The predicted octanol–water partition coefficient (Wildman–Crippen LogP) is 26.5. The van der Waals surface area contributed by atoms with Crippen LogP contribution in [-0.2, 0) is 0 Å². The van der Waals surface area contributed by atoms with Gasteiger partial charge in [0.2, 0.25) is 0 Å². The zero-order chi connectivity index (χ0) is 76.3. The van der Waals surface area contributed by atoms with Gasteiger partial charge < -0.3 is 9.97 Å². The molecule has 0 saturated heterocycles. The predicted molar refractivity (Wildman–Crippen MR) is 471 cm³/mol. The van der Waals surface area contributed by atoms with Crippen molar-refractivity contribution in [2.45, 2.75) is 55.4 Å². The Kier molecular flexibility index (Phi) is 19.5. The molecule has 2 aliphatic heterocycles. The number of aliphatic imine (C=N–C) groups is 4. The smallest absolute Gasteiger partial charge is 0.0781 e. The summed E-state index contributed by atoms with van der Waals surface area (Å²) in [7, 11) is 0. The summed E-state index contributed by atoms with van der Waals surface area (Å²) in [5.41, 5.74) is 38.9. The zero-order valence-corrected chi connectivity index (χ0v) is 64.0. The van der Waals surface area contributed by atoms with Crippen molar-refractivity contribution in [1.82, 2.24) is 19.9 Å². The van der Waals surface area contributed by atoms with E-state index in [1.807, 2.05) is 0 Å². The van der Waals surface area contributed by atoms with Gasteiger partial charge in [-0.15, -0.1) is 0 Å². The van der Waals surface area contributed by atoms with E-state index in [9.17, 15) is 0 Å². The van der Waals surface area contributed by atoms with E-state index >= 15 is 0 Å². The Morgan fingerprint density at radius 3 is 0.491 bits per heavy atom. The molecule has 0 radical (unpaired) electrons. The number of aromatic nitrogens is 4. The Hall–Kier alpha value is -14.1. The number of fused-ring (bicyclic) bond motifs is 8. The second-order valence-electron chi connectivity index (χ2n) is 29.5. The van der Waals surface area contributed by atoms with Crippen LogP contribution < -0.4 is 0 Å². The highest BCUT2D eigenvalue weighted by molar-refractivity contribution is 6.17. The number of H-pyrrole nitrogens is 2. The molecule has 5 heterocycles. The molecule has 8 bridgehead atoms. The molecule has 0 aliphatic carbocycles. The highest BCUT2D eigenvalue weighted by Gasteiger charge is 2.22. The van der Waals surface area contributed by atoms with Crippen LogP contribution in [0.5, 0.6) is 0 Å². The summed E-state index contributed by atoms with van der Waals surface area (Å²) in [4.78, 5) is 41.3. The van der Waals surface area contributed by atoms with Crippen LogP contribution >= 0.6 is 0 Å². The second-order valence-corrected chi connectivity index (χ2v) is 29.5. The van der Waals surface area contributed by atoms with Crippen molar-refractivity contribution in [3.05, 3.63) is 427 Å². The van der Waals surface area contributed by atoms with Crippen molar-refractivity contribution >= 4 is 92.0 Å². The lowest BCUT2D eigenvalue weighted by atomic mass is 9.99. The van der Waals surface area contributed by atoms with Gasteiger partial charge in [0.05, 0.1) is 68.4 Å². The van der Waals surface area contributed by atoms with Gasteiger partial charge in [0.1, 0.15) is 0 Å². The van der Waals surface area contributed by atoms with Gasteiger partial charge in [0, 0.05) is 88.8 Å². The molecule has 17 rings (SSSR count). The normalized spacial score (nSPS) is 11.5. The highest BCUT2D eigenvalue weighted by Crippen LogP contribution is 2.41. The van der Waals surface area contributed by atoms with Crippen molar-refractivity contribution in [2.75, 3.05) is 0 Å². The Labute approximate surface area is 654 Å². The first-order chi connectivity index (χ1) is 54.7. The van der Waals surface area contributed by atoms with Gasteiger partial charge in [0.25, 0.3) is 0 Å². The van der Waals surface area contributed by atoms with Gasteiger partial charge in [-0.25, -0.2) is 29.9 Å². The molecule has 0 spiro atoms. The van der Waals surface area contributed by atoms with Crippen LogP contribution in [0, 0.1) is 55.4 Å². The molecule has 0 fully saturated rings. The van der Waals surface area contributed by atoms with E-state index < -0.39 is 0 Å². The Morgan fingerprint density at radius 1 is 0.188 bits per heavy atom. The van der Waals surface area contributed by atoms with Gasteiger partial charge in [-0.05, 0) is 175 Å². The zero-order valence-electron chi connectivity index (χ0n) is 64.0. The third-order valence-electron chi connectivity index (χ3n) is 20.9. The van der Waals surface area contributed by atoms with Crippen LogP contribution in [0.15, 0.2) is 335 Å². The largest absolute Gasteiger partial charge is 0.354 e. The van der Waals surface area contributed by atoms with E-state index in [1.54, 1.807) is 0 Å². The number of hydrogen-bond donors (Lipinski definition) is 2. The van der Waals surface area contributed by atoms with E-state index in [0.29, 0.717) is 0 Å². The summed E-state index contributed by atoms with van der Waals surface area (Å²) in [5.74, 6) is 0. The first-order valence-corrected chi connectivity index (χ1v) is 38.2. The Morgan fingerprint density at radius 2 is 0.339 bits per heavy atom. The molecule has 15 aromatic rings. The van der Waals surface area contributed by atoms with Crippen LogP contribution in [0.25, 0.3) is 90.9 Å². The van der Waals surface area contributed by atoms with Gasteiger partial charge >= 0.3 is 0 Å². The number of rotatable bonds is 16. The fraction of sp³-hybridized carbons (Fsp3) is 0.0769. The van der Waals surface area contributed by atoms with Crippen molar-refractivity contribution in [1.29, 1.82) is 0 Å². The number of nitrogens with one attached hydrogen (secondary N) is 2. The minimum absolute atomic E-state index is 0.788. The second kappa shape index (κ2) is 30.9. The lowest BCUT2D eigenvalue weighted by Gasteiger charge is -2.10. The topological polar surface area (TPSA) is 107 Å². The third-order valence-corrected chi connectivity index (χ3v) is 20.9. The van der Waals surface area contributed by atoms with Crippen molar-refractivity contribution < 1.29 is 0 Å². The minimum atomic E-state index is 0.788. The Balaban J connectivity index is 0.885. The van der Waals surface area contributed by atoms with E-state index in [0.717, 1.165) is 179 Å². The van der Waals surface area contributed by atoms with Crippen molar-refractivity contribution in [3.63, 3.8) is 0 Å². The molecule has 112 heavy (non-hydrogen) atoms. The lowest BCUT2D eigenvalue weighted by molar-refractivity contribution is 1.31. The average molecular weight is 1440 g/mol. The van der Waals surface area contributed by atoms with Crippen LogP contribution in [0.3, 0.4) is 0 Å².